The molecule has 2 heterocycles. The number of aromatic nitrogens is 1. The third-order valence-electron chi connectivity index (χ3n) is 4.13. The zero-order valence-electron chi connectivity index (χ0n) is 13.7. The molecule has 0 spiro atoms. The predicted molar refractivity (Wildman–Crippen MR) is 89.1 cm³/mol. The van der Waals surface area contributed by atoms with Gasteiger partial charge in [0.2, 0.25) is 5.88 Å². The van der Waals surface area contributed by atoms with E-state index >= 15 is 0 Å². The van der Waals surface area contributed by atoms with Gasteiger partial charge in [-0.05, 0) is 38.5 Å². The first kappa shape index (κ1) is 16.7. The second-order valence-corrected chi connectivity index (χ2v) is 7.03. The van der Waals surface area contributed by atoms with E-state index in [0.717, 1.165) is 0 Å². The Balaban J connectivity index is 1.87. The van der Waals surface area contributed by atoms with E-state index in [1.807, 2.05) is 13.8 Å². The first-order valence-electron chi connectivity index (χ1n) is 7.54. The van der Waals surface area contributed by atoms with Gasteiger partial charge in [0.1, 0.15) is 0 Å². The Morgan fingerprint density at radius 3 is 2.50 bits per heavy atom. The molecule has 2 aromatic rings. The van der Waals surface area contributed by atoms with Crippen LogP contribution in [0, 0.1) is 12.3 Å². The molecule has 1 aliphatic heterocycles. The SMILES string of the molecule is Cc1cc(O)n(-c2ccc(CN3OCC(C)(C)C3=O)c(Cl)c2)c1O. The molecule has 1 aliphatic rings. The molecule has 24 heavy (non-hydrogen) atoms. The molecule has 1 aromatic heterocycles. The molecule has 0 radical (unpaired) electrons. The molecule has 3 rings (SSSR count). The number of nitrogens with zero attached hydrogens (tertiary/aromatic N) is 2. The summed E-state index contributed by atoms with van der Waals surface area (Å²) in [5.74, 6) is -0.205. The first-order valence-corrected chi connectivity index (χ1v) is 7.92. The Morgan fingerprint density at radius 2 is 2.00 bits per heavy atom. The zero-order valence-corrected chi connectivity index (χ0v) is 14.5. The quantitative estimate of drug-likeness (QED) is 0.891. The summed E-state index contributed by atoms with van der Waals surface area (Å²) >= 11 is 6.32. The van der Waals surface area contributed by atoms with Gasteiger partial charge in [0.25, 0.3) is 5.91 Å². The highest BCUT2D eigenvalue weighted by Gasteiger charge is 2.40. The highest BCUT2D eigenvalue weighted by molar-refractivity contribution is 6.31. The molecule has 6 nitrogen and oxygen atoms in total. The van der Waals surface area contributed by atoms with Crippen LogP contribution < -0.4 is 0 Å². The number of aryl methyl sites for hydroxylation is 1. The van der Waals surface area contributed by atoms with Gasteiger partial charge in [-0.2, -0.15) is 0 Å². The minimum absolute atomic E-state index is 0.0453. The molecular weight excluding hydrogens is 332 g/mol. The van der Waals surface area contributed by atoms with E-state index in [-0.39, 0.29) is 24.2 Å². The van der Waals surface area contributed by atoms with Gasteiger partial charge in [-0.15, -0.1) is 0 Å². The molecule has 2 N–H and O–H groups in total. The van der Waals surface area contributed by atoms with E-state index in [0.29, 0.717) is 28.4 Å². The number of hydrogen-bond acceptors (Lipinski definition) is 4. The van der Waals surface area contributed by atoms with E-state index in [1.54, 1.807) is 25.1 Å². The molecule has 128 valence electrons. The summed E-state index contributed by atoms with van der Waals surface area (Å²) < 4.78 is 1.30. The summed E-state index contributed by atoms with van der Waals surface area (Å²) in [6, 6.07) is 6.55. The van der Waals surface area contributed by atoms with Crippen LogP contribution in [-0.2, 0) is 16.2 Å². The lowest BCUT2D eigenvalue weighted by atomic mass is 9.95. The number of hydrogen-bond donors (Lipinski definition) is 2. The van der Waals surface area contributed by atoms with Gasteiger partial charge in [0.05, 0.1) is 24.3 Å². The Labute approximate surface area is 144 Å². The number of carbonyl (C=O) groups excluding carboxylic acids is 1. The van der Waals surface area contributed by atoms with Crippen LogP contribution in [0.1, 0.15) is 25.0 Å². The number of benzene rings is 1. The molecule has 0 unspecified atom stereocenters. The van der Waals surface area contributed by atoms with E-state index in [2.05, 4.69) is 0 Å². The van der Waals surface area contributed by atoms with Crippen molar-refractivity contribution in [1.29, 1.82) is 0 Å². The Morgan fingerprint density at radius 1 is 1.29 bits per heavy atom. The smallest absolute Gasteiger partial charge is 0.254 e. The van der Waals surface area contributed by atoms with Gasteiger partial charge < -0.3 is 10.2 Å². The molecule has 0 saturated carbocycles. The molecule has 0 bridgehead atoms. The first-order chi connectivity index (χ1) is 11.2. The maximum Gasteiger partial charge on any atom is 0.254 e. The van der Waals surface area contributed by atoms with Crippen LogP contribution in [0.25, 0.3) is 5.69 Å². The minimum atomic E-state index is -0.535. The van der Waals surface area contributed by atoms with E-state index in [1.165, 1.54) is 15.7 Å². The Kier molecular flexibility index (Phi) is 3.97. The summed E-state index contributed by atoms with van der Waals surface area (Å²) in [5.41, 5.74) is 1.27. The molecule has 1 fully saturated rings. The van der Waals surface area contributed by atoms with Gasteiger partial charge in [0, 0.05) is 16.7 Å². The Hall–Kier alpha value is -2.18. The second kappa shape index (κ2) is 5.72. The molecule has 1 saturated heterocycles. The minimum Gasteiger partial charge on any atom is -0.494 e. The summed E-state index contributed by atoms with van der Waals surface area (Å²) in [5, 5.41) is 21.7. The lowest BCUT2D eigenvalue weighted by molar-refractivity contribution is -0.165. The molecule has 7 heteroatoms. The van der Waals surface area contributed by atoms with Gasteiger partial charge in [-0.3, -0.25) is 14.2 Å². The van der Waals surface area contributed by atoms with Crippen molar-refractivity contribution in [2.45, 2.75) is 27.3 Å². The summed E-state index contributed by atoms with van der Waals surface area (Å²) in [6.07, 6.45) is 0. The van der Waals surface area contributed by atoms with Gasteiger partial charge >= 0.3 is 0 Å². The van der Waals surface area contributed by atoms with Crippen molar-refractivity contribution in [2.75, 3.05) is 6.61 Å². The van der Waals surface area contributed by atoms with Gasteiger partial charge in [-0.25, -0.2) is 5.06 Å². The number of amides is 1. The van der Waals surface area contributed by atoms with Crippen molar-refractivity contribution >= 4 is 17.5 Å². The van der Waals surface area contributed by atoms with E-state index in [4.69, 9.17) is 16.4 Å². The lowest BCUT2D eigenvalue weighted by Gasteiger charge is -2.18. The third kappa shape index (κ3) is 2.72. The maximum atomic E-state index is 12.2. The Bertz CT molecular complexity index is 813. The molecular formula is C17H19ClN2O4. The average molecular weight is 351 g/mol. The molecule has 0 atom stereocenters. The van der Waals surface area contributed by atoms with Crippen LogP contribution >= 0.6 is 11.6 Å². The fraction of sp³-hybridized carbons (Fsp3) is 0.353. The fourth-order valence-corrected chi connectivity index (χ4v) is 2.87. The van der Waals surface area contributed by atoms with Crippen LogP contribution in [0.2, 0.25) is 5.02 Å². The van der Waals surface area contributed by atoms with E-state index in [9.17, 15) is 15.0 Å². The van der Waals surface area contributed by atoms with Crippen molar-refractivity contribution in [3.05, 3.63) is 40.4 Å². The van der Waals surface area contributed by atoms with Crippen molar-refractivity contribution in [1.82, 2.24) is 9.63 Å². The third-order valence-corrected chi connectivity index (χ3v) is 4.49. The normalized spacial score (nSPS) is 16.8. The summed E-state index contributed by atoms with van der Waals surface area (Å²) in [7, 11) is 0. The van der Waals surface area contributed by atoms with Crippen molar-refractivity contribution in [3.8, 4) is 17.4 Å². The predicted octanol–water partition coefficient (Wildman–Crippen LogP) is 3.15. The highest BCUT2D eigenvalue weighted by atomic mass is 35.5. The molecule has 1 aromatic carbocycles. The molecule has 1 amide bonds. The number of carbonyl (C=O) groups is 1. The summed E-state index contributed by atoms with van der Waals surface area (Å²) in [6.45, 7) is 5.94. The lowest BCUT2D eigenvalue weighted by Crippen LogP contribution is -2.30. The van der Waals surface area contributed by atoms with Crippen LogP contribution in [0.4, 0.5) is 0 Å². The maximum absolute atomic E-state index is 12.2. The second-order valence-electron chi connectivity index (χ2n) is 6.62. The number of aromatic hydroxyl groups is 2. The monoisotopic (exact) mass is 350 g/mol. The number of hydroxylamine groups is 2. The fourth-order valence-electron chi connectivity index (χ4n) is 2.64. The van der Waals surface area contributed by atoms with Crippen molar-refractivity contribution in [3.63, 3.8) is 0 Å². The van der Waals surface area contributed by atoms with Crippen LogP contribution in [-0.4, -0.2) is 32.4 Å². The van der Waals surface area contributed by atoms with E-state index < -0.39 is 5.41 Å². The largest absolute Gasteiger partial charge is 0.494 e. The summed E-state index contributed by atoms with van der Waals surface area (Å²) in [4.78, 5) is 17.6. The number of halogens is 1. The van der Waals surface area contributed by atoms with Crippen LogP contribution in [0.15, 0.2) is 24.3 Å². The topological polar surface area (TPSA) is 74.9 Å². The number of rotatable bonds is 3. The zero-order chi connectivity index (χ0) is 17.6. The average Bonchev–Trinajstić information content (AvgIpc) is 2.91. The van der Waals surface area contributed by atoms with Crippen LogP contribution in [0.3, 0.4) is 0 Å². The molecule has 0 aliphatic carbocycles. The van der Waals surface area contributed by atoms with Crippen molar-refractivity contribution < 1.29 is 19.8 Å². The highest BCUT2D eigenvalue weighted by Crippen LogP contribution is 2.34. The van der Waals surface area contributed by atoms with Crippen molar-refractivity contribution in [2.24, 2.45) is 5.41 Å². The standard InChI is InChI=1S/C17H19ClN2O4/c1-10-6-14(21)20(15(10)22)12-5-4-11(13(18)7-12)8-19-16(23)17(2,3)9-24-19/h4-7,21-22H,8-9H2,1-3H3. The van der Waals surface area contributed by atoms with Gasteiger partial charge in [-0.1, -0.05) is 17.7 Å². The van der Waals surface area contributed by atoms with Crippen LogP contribution in [0.5, 0.6) is 11.8 Å². The van der Waals surface area contributed by atoms with Gasteiger partial charge in [0.15, 0.2) is 5.88 Å².